The van der Waals surface area contributed by atoms with Crippen LogP contribution in [0.2, 0.25) is 13.1 Å². The number of rotatable bonds is 2. The van der Waals surface area contributed by atoms with E-state index >= 15 is 0 Å². The van der Waals surface area contributed by atoms with Crippen LogP contribution in [0.15, 0.2) is 0 Å². The second kappa shape index (κ2) is 8.50. The summed E-state index contributed by atoms with van der Waals surface area (Å²) in [5.74, 6) is 5.87. The Morgan fingerprint density at radius 2 is 1.05 bits per heavy atom. The van der Waals surface area contributed by atoms with Crippen molar-refractivity contribution >= 4 is 8.24 Å². The predicted octanol–water partition coefficient (Wildman–Crippen LogP) is 5.77. The largest absolute Gasteiger partial charge is 4.00 e. The minimum absolute atomic E-state index is 0. The van der Waals surface area contributed by atoms with Gasteiger partial charge in [0.05, 0.1) is 0 Å². The Bertz CT molecular complexity index is 259. The zero-order chi connectivity index (χ0) is 13.6. The fraction of sp³-hybridized carbons (Fsp3) is 0.588. The van der Waals surface area contributed by atoms with Crippen molar-refractivity contribution in [3.63, 3.8) is 0 Å². The summed E-state index contributed by atoms with van der Waals surface area (Å²) in [4.78, 5) is 5.13. The molecule has 5 radical (unpaired) electrons. The molecular formula is C17H33NSiTi+. The van der Waals surface area contributed by atoms with Crippen molar-refractivity contribution < 1.29 is 21.7 Å². The molecule has 0 amide bonds. The van der Waals surface area contributed by atoms with E-state index in [4.69, 9.17) is 4.98 Å². The molecule has 1 nitrogen and oxygen atoms in total. The van der Waals surface area contributed by atoms with E-state index in [2.05, 4.69) is 61.6 Å². The minimum atomic E-state index is -1.69. The molecule has 20 heavy (non-hydrogen) atoms. The summed E-state index contributed by atoms with van der Waals surface area (Å²) in [7, 11) is -1.69. The van der Waals surface area contributed by atoms with E-state index in [1.807, 2.05) is 0 Å². The van der Waals surface area contributed by atoms with Crippen LogP contribution in [-0.4, -0.2) is 13.8 Å². The molecule has 1 aliphatic carbocycles. The summed E-state index contributed by atoms with van der Waals surface area (Å²) in [5.41, 5.74) is 1.62. The standard InChI is InChI=1S/C15H27NSi.2CH3.Ti/c1-10-11(2)13(4)14(12(10)3)17(8,9)16-15(5,6)7;;;/h1-9H3;2*1H3;/q3*-1;+4. The summed E-state index contributed by atoms with van der Waals surface area (Å²) in [6.07, 6.45) is 0. The summed E-state index contributed by atoms with van der Waals surface area (Å²) in [5, 5.41) is 0. The second-order valence-corrected chi connectivity index (χ2v) is 10.6. The minimum Gasteiger partial charge on any atom is -0.659 e. The van der Waals surface area contributed by atoms with Crippen LogP contribution >= 0.6 is 0 Å². The predicted molar refractivity (Wildman–Crippen MR) is 92.3 cm³/mol. The Kier molecular flexibility index (Phi) is 11.0. The number of hydrogen-bond acceptors (Lipinski definition) is 0. The van der Waals surface area contributed by atoms with Gasteiger partial charge in [-0.1, -0.05) is 69.8 Å². The van der Waals surface area contributed by atoms with Gasteiger partial charge in [0, 0.05) is 0 Å². The zero-order valence-electron chi connectivity index (χ0n) is 15.4. The van der Waals surface area contributed by atoms with Gasteiger partial charge >= 0.3 is 21.7 Å². The van der Waals surface area contributed by atoms with E-state index in [0.29, 0.717) is 0 Å². The van der Waals surface area contributed by atoms with Crippen LogP contribution in [0.25, 0.3) is 4.98 Å². The van der Waals surface area contributed by atoms with Gasteiger partial charge in [-0.15, -0.1) is 5.54 Å². The molecule has 0 unspecified atom stereocenters. The first kappa shape index (κ1) is 25.8. The maximum absolute atomic E-state index is 5.13. The van der Waals surface area contributed by atoms with Crippen LogP contribution < -0.4 is 0 Å². The topological polar surface area (TPSA) is 14.1 Å². The molecule has 0 spiro atoms. The first-order valence-electron chi connectivity index (χ1n) is 6.45. The van der Waals surface area contributed by atoms with E-state index in [9.17, 15) is 0 Å². The molecule has 0 saturated heterocycles. The van der Waals surface area contributed by atoms with Crippen LogP contribution in [0.1, 0.15) is 48.5 Å². The second-order valence-electron chi connectivity index (χ2n) is 6.72. The molecule has 0 aromatic carbocycles. The van der Waals surface area contributed by atoms with E-state index in [-0.39, 0.29) is 42.1 Å². The molecule has 113 valence electrons. The first-order chi connectivity index (χ1) is 7.47. The molecule has 1 rings (SSSR count). The Balaban J connectivity index is -0.000000963. The van der Waals surface area contributed by atoms with E-state index < -0.39 is 8.24 Å². The van der Waals surface area contributed by atoms with Crippen LogP contribution in [0, 0.1) is 44.1 Å². The van der Waals surface area contributed by atoms with Gasteiger partial charge < -0.3 is 19.8 Å². The Morgan fingerprint density at radius 1 is 0.750 bits per heavy atom. The van der Waals surface area contributed by atoms with Crippen LogP contribution in [0.4, 0.5) is 0 Å². The molecule has 3 heteroatoms. The monoisotopic (exact) mass is 327 g/mol. The molecule has 1 aliphatic rings. The third-order valence-corrected chi connectivity index (χ3v) is 6.87. The zero-order valence-corrected chi connectivity index (χ0v) is 18.0. The van der Waals surface area contributed by atoms with Crippen molar-refractivity contribution in [3.05, 3.63) is 49.0 Å². The normalized spacial score (nSPS) is 20.2. The summed E-state index contributed by atoms with van der Waals surface area (Å²) in [6, 6.07) is 0. The fourth-order valence-electron chi connectivity index (χ4n) is 3.03. The van der Waals surface area contributed by atoms with Gasteiger partial charge in [-0.3, -0.25) is 0 Å². The van der Waals surface area contributed by atoms with Crippen LogP contribution in [-0.2, 0) is 21.7 Å². The number of nitrogens with zero attached hydrogens (tertiary/aromatic N) is 1. The average molecular weight is 327 g/mol. The molecule has 1 fully saturated rings. The number of hydrogen-bond donors (Lipinski definition) is 0. The molecule has 0 heterocycles. The van der Waals surface area contributed by atoms with Crippen molar-refractivity contribution in [2.75, 3.05) is 0 Å². The molecule has 0 aromatic rings. The summed E-state index contributed by atoms with van der Waals surface area (Å²) in [6.45, 7) is 20.3. The van der Waals surface area contributed by atoms with Crippen molar-refractivity contribution in [1.29, 1.82) is 0 Å². The van der Waals surface area contributed by atoms with Gasteiger partial charge in [-0.2, -0.15) is 0 Å². The van der Waals surface area contributed by atoms with Crippen LogP contribution in [0.3, 0.4) is 0 Å². The van der Waals surface area contributed by atoms with Gasteiger partial charge in [-0.05, 0) is 29.2 Å². The van der Waals surface area contributed by atoms with E-state index in [0.717, 1.165) is 0 Å². The van der Waals surface area contributed by atoms with Gasteiger partial charge in [0.25, 0.3) is 0 Å². The summed E-state index contributed by atoms with van der Waals surface area (Å²) >= 11 is 0. The van der Waals surface area contributed by atoms with Crippen molar-refractivity contribution in [2.45, 2.75) is 67.1 Å². The van der Waals surface area contributed by atoms with Gasteiger partial charge in [0.15, 0.2) is 0 Å². The third-order valence-electron chi connectivity index (χ3n) is 3.66. The quantitative estimate of drug-likeness (QED) is 0.452. The molecule has 0 atom stereocenters. The molecule has 0 aliphatic heterocycles. The van der Waals surface area contributed by atoms with Crippen molar-refractivity contribution in [3.8, 4) is 0 Å². The van der Waals surface area contributed by atoms with Crippen molar-refractivity contribution in [1.82, 2.24) is 0 Å². The third kappa shape index (κ3) is 5.59. The SMILES string of the molecule is C[C]1[C](C)[C](C)[C]([Si](C)(C)[N-]C(C)(C)C)[C]1C.[CH3-].[CH3-].[Ti+4]. The van der Waals surface area contributed by atoms with Gasteiger partial charge in [0.1, 0.15) is 0 Å². The maximum atomic E-state index is 5.13. The molecule has 1 saturated carbocycles. The van der Waals surface area contributed by atoms with Gasteiger partial charge in [-0.25, -0.2) is 0 Å². The average Bonchev–Trinajstić information content (AvgIpc) is 2.27. The Hall–Kier alpha value is 0.891. The smallest absolute Gasteiger partial charge is 0.659 e. The fourth-order valence-corrected chi connectivity index (χ4v) is 7.03. The van der Waals surface area contributed by atoms with Crippen LogP contribution in [0.5, 0.6) is 0 Å². The van der Waals surface area contributed by atoms with Gasteiger partial charge in [0.2, 0.25) is 0 Å². The van der Waals surface area contributed by atoms with Crippen molar-refractivity contribution in [2.24, 2.45) is 0 Å². The molecule has 0 N–H and O–H groups in total. The van der Waals surface area contributed by atoms with E-state index in [1.165, 1.54) is 23.7 Å². The molecular weight excluding hydrogens is 294 g/mol. The first-order valence-corrected chi connectivity index (χ1v) is 9.39. The Labute approximate surface area is 146 Å². The van der Waals surface area contributed by atoms with E-state index in [1.54, 1.807) is 5.54 Å². The Morgan fingerprint density at radius 3 is 1.30 bits per heavy atom. The molecule has 0 aromatic heterocycles. The summed E-state index contributed by atoms with van der Waals surface area (Å²) < 4.78 is 0. The maximum Gasteiger partial charge on any atom is 4.00 e. The molecule has 0 bridgehead atoms.